The lowest BCUT2D eigenvalue weighted by atomic mass is 10.2. The first-order chi connectivity index (χ1) is 11.7. The smallest absolute Gasteiger partial charge is 0.258 e. The van der Waals surface area contributed by atoms with E-state index in [4.69, 9.17) is 4.74 Å². The van der Waals surface area contributed by atoms with E-state index in [1.165, 1.54) is 0 Å². The van der Waals surface area contributed by atoms with E-state index in [0.29, 0.717) is 23.7 Å². The molecule has 5 nitrogen and oxygen atoms in total. The Bertz CT molecular complexity index is 827. The Morgan fingerprint density at radius 1 is 1.08 bits per heavy atom. The Labute approximate surface area is 140 Å². The van der Waals surface area contributed by atoms with Crippen LogP contribution in [0.15, 0.2) is 60.7 Å². The third kappa shape index (κ3) is 3.15. The zero-order valence-electron chi connectivity index (χ0n) is 13.7. The van der Waals surface area contributed by atoms with Gasteiger partial charge >= 0.3 is 0 Å². The Morgan fingerprint density at radius 2 is 1.71 bits per heavy atom. The lowest BCUT2D eigenvalue weighted by Gasteiger charge is -2.09. The molecule has 3 rings (SSSR count). The third-order valence-electron chi connectivity index (χ3n) is 3.74. The first-order valence-corrected chi connectivity index (χ1v) is 7.72. The summed E-state index contributed by atoms with van der Waals surface area (Å²) in [5.74, 6) is 0.236. The number of nitrogens with one attached hydrogen (secondary N) is 1. The van der Waals surface area contributed by atoms with Gasteiger partial charge in [-0.3, -0.25) is 4.79 Å². The van der Waals surface area contributed by atoms with Crippen LogP contribution in [0, 0.1) is 6.92 Å². The zero-order chi connectivity index (χ0) is 16.9. The Balaban J connectivity index is 1.87. The van der Waals surface area contributed by atoms with Gasteiger partial charge in [-0.25, -0.2) is 4.68 Å². The van der Waals surface area contributed by atoms with E-state index in [-0.39, 0.29) is 5.91 Å². The van der Waals surface area contributed by atoms with E-state index >= 15 is 0 Å². The fourth-order valence-corrected chi connectivity index (χ4v) is 2.57. The van der Waals surface area contributed by atoms with Crippen LogP contribution in [-0.4, -0.2) is 22.8 Å². The summed E-state index contributed by atoms with van der Waals surface area (Å²) >= 11 is 0. The van der Waals surface area contributed by atoms with Crippen LogP contribution in [0.4, 0.5) is 0 Å². The average molecular weight is 321 g/mol. The number of aromatic nitrogens is 2. The molecule has 0 fully saturated rings. The van der Waals surface area contributed by atoms with E-state index in [9.17, 15) is 4.79 Å². The lowest BCUT2D eigenvalue weighted by molar-refractivity contribution is 0.0947. The summed E-state index contributed by atoms with van der Waals surface area (Å²) in [5.41, 5.74) is 2.97. The van der Waals surface area contributed by atoms with E-state index in [0.717, 1.165) is 11.3 Å². The molecule has 122 valence electrons. The number of hydrogen-bond acceptors (Lipinski definition) is 3. The minimum atomic E-state index is -0.199. The van der Waals surface area contributed by atoms with Crippen molar-refractivity contribution < 1.29 is 9.53 Å². The van der Waals surface area contributed by atoms with Gasteiger partial charge in [0.2, 0.25) is 5.88 Å². The van der Waals surface area contributed by atoms with Crippen LogP contribution >= 0.6 is 0 Å². The van der Waals surface area contributed by atoms with Gasteiger partial charge in [0.05, 0.1) is 18.5 Å². The van der Waals surface area contributed by atoms with Gasteiger partial charge in [-0.05, 0) is 24.6 Å². The third-order valence-corrected chi connectivity index (χ3v) is 3.74. The van der Waals surface area contributed by atoms with E-state index in [1.807, 2.05) is 60.7 Å². The fourth-order valence-electron chi connectivity index (χ4n) is 2.57. The number of amides is 1. The molecule has 3 aromatic rings. The minimum absolute atomic E-state index is 0.199. The summed E-state index contributed by atoms with van der Waals surface area (Å²) in [5, 5.41) is 7.38. The molecule has 0 saturated carbocycles. The highest BCUT2D eigenvalue weighted by molar-refractivity contribution is 5.97. The number of hydrogen-bond donors (Lipinski definition) is 1. The molecule has 0 aliphatic rings. The highest BCUT2D eigenvalue weighted by atomic mass is 16.5. The van der Waals surface area contributed by atoms with E-state index < -0.39 is 0 Å². The van der Waals surface area contributed by atoms with Crippen molar-refractivity contribution in [2.24, 2.45) is 0 Å². The molecule has 1 amide bonds. The first kappa shape index (κ1) is 15.8. The number of carbonyl (C=O) groups is 1. The van der Waals surface area contributed by atoms with Crippen LogP contribution in [-0.2, 0) is 6.54 Å². The monoisotopic (exact) mass is 321 g/mol. The number of carbonyl (C=O) groups excluding carboxylic acids is 1. The van der Waals surface area contributed by atoms with E-state index in [2.05, 4.69) is 10.4 Å². The van der Waals surface area contributed by atoms with Crippen molar-refractivity contribution in [3.8, 4) is 11.6 Å². The molecule has 1 heterocycles. The van der Waals surface area contributed by atoms with Crippen molar-refractivity contribution in [3.63, 3.8) is 0 Å². The molecule has 0 atom stereocenters. The maximum absolute atomic E-state index is 12.6. The van der Waals surface area contributed by atoms with Gasteiger partial charge in [0.15, 0.2) is 0 Å². The number of aryl methyl sites for hydroxylation is 1. The predicted octanol–water partition coefficient (Wildman–Crippen LogP) is 3.12. The van der Waals surface area contributed by atoms with Gasteiger partial charge in [-0.1, -0.05) is 48.5 Å². The average Bonchev–Trinajstić information content (AvgIpc) is 2.97. The SMILES string of the molecule is COc1c(C(=O)NCc2ccccc2)c(C)nn1-c1ccccc1. The highest BCUT2D eigenvalue weighted by Crippen LogP contribution is 2.25. The van der Waals surface area contributed by atoms with Crippen LogP contribution in [0.1, 0.15) is 21.6 Å². The summed E-state index contributed by atoms with van der Waals surface area (Å²) in [6.07, 6.45) is 0. The molecule has 2 aromatic carbocycles. The molecule has 0 saturated heterocycles. The molecule has 1 aromatic heterocycles. The number of benzene rings is 2. The molecule has 0 bridgehead atoms. The molecule has 0 unspecified atom stereocenters. The molecule has 0 spiro atoms. The van der Waals surface area contributed by atoms with Gasteiger partial charge in [0.1, 0.15) is 5.56 Å². The molecule has 24 heavy (non-hydrogen) atoms. The zero-order valence-corrected chi connectivity index (χ0v) is 13.7. The Morgan fingerprint density at radius 3 is 2.33 bits per heavy atom. The number of para-hydroxylation sites is 1. The van der Waals surface area contributed by atoms with Crippen molar-refractivity contribution in [1.82, 2.24) is 15.1 Å². The van der Waals surface area contributed by atoms with Crippen molar-refractivity contribution >= 4 is 5.91 Å². The van der Waals surface area contributed by atoms with Crippen molar-refractivity contribution in [1.29, 1.82) is 0 Å². The van der Waals surface area contributed by atoms with Crippen molar-refractivity contribution in [2.45, 2.75) is 13.5 Å². The van der Waals surface area contributed by atoms with Crippen molar-refractivity contribution in [3.05, 3.63) is 77.5 Å². The van der Waals surface area contributed by atoms with Crippen LogP contribution in [0.3, 0.4) is 0 Å². The topological polar surface area (TPSA) is 56.1 Å². The second-order valence-electron chi connectivity index (χ2n) is 5.39. The maximum atomic E-state index is 12.6. The van der Waals surface area contributed by atoms with Crippen LogP contribution in [0.2, 0.25) is 0 Å². The van der Waals surface area contributed by atoms with Crippen LogP contribution in [0.5, 0.6) is 5.88 Å². The summed E-state index contributed by atoms with van der Waals surface area (Å²) in [4.78, 5) is 12.6. The number of nitrogens with zero attached hydrogens (tertiary/aromatic N) is 2. The molecule has 0 aliphatic heterocycles. The van der Waals surface area contributed by atoms with Gasteiger partial charge in [-0.15, -0.1) is 0 Å². The summed E-state index contributed by atoms with van der Waals surface area (Å²) in [6, 6.07) is 19.4. The van der Waals surface area contributed by atoms with Gasteiger partial charge in [0, 0.05) is 6.54 Å². The standard InChI is InChI=1S/C19H19N3O2/c1-14-17(18(23)20-13-15-9-5-3-6-10-15)19(24-2)22(21-14)16-11-7-4-8-12-16/h3-12H,13H2,1-2H3,(H,20,23). The lowest BCUT2D eigenvalue weighted by Crippen LogP contribution is -2.23. The normalized spacial score (nSPS) is 10.4. The molecule has 1 N–H and O–H groups in total. The second-order valence-corrected chi connectivity index (χ2v) is 5.39. The first-order valence-electron chi connectivity index (χ1n) is 7.72. The summed E-state index contributed by atoms with van der Waals surface area (Å²) in [7, 11) is 1.55. The second kappa shape index (κ2) is 7.00. The fraction of sp³-hybridized carbons (Fsp3) is 0.158. The molecule has 0 radical (unpaired) electrons. The molecule has 0 aliphatic carbocycles. The molecular formula is C19H19N3O2. The summed E-state index contributed by atoms with van der Waals surface area (Å²) in [6.45, 7) is 2.26. The Kier molecular flexibility index (Phi) is 4.61. The largest absolute Gasteiger partial charge is 0.480 e. The molecular weight excluding hydrogens is 302 g/mol. The summed E-state index contributed by atoms with van der Waals surface area (Å²) < 4.78 is 7.11. The number of rotatable bonds is 5. The van der Waals surface area contributed by atoms with E-state index in [1.54, 1.807) is 18.7 Å². The van der Waals surface area contributed by atoms with Gasteiger partial charge in [-0.2, -0.15) is 5.10 Å². The number of ether oxygens (including phenoxy) is 1. The minimum Gasteiger partial charge on any atom is -0.480 e. The predicted molar refractivity (Wildman–Crippen MR) is 92.5 cm³/mol. The van der Waals surface area contributed by atoms with Gasteiger partial charge in [0.25, 0.3) is 5.91 Å². The Hall–Kier alpha value is -3.08. The van der Waals surface area contributed by atoms with Crippen LogP contribution in [0.25, 0.3) is 5.69 Å². The highest BCUT2D eigenvalue weighted by Gasteiger charge is 2.23. The maximum Gasteiger partial charge on any atom is 0.258 e. The number of methoxy groups -OCH3 is 1. The molecule has 5 heteroatoms. The van der Waals surface area contributed by atoms with Crippen molar-refractivity contribution in [2.75, 3.05) is 7.11 Å². The quantitative estimate of drug-likeness (QED) is 0.785. The van der Waals surface area contributed by atoms with Crippen LogP contribution < -0.4 is 10.1 Å². The van der Waals surface area contributed by atoms with Gasteiger partial charge < -0.3 is 10.1 Å².